The lowest BCUT2D eigenvalue weighted by atomic mass is 9.87. The third-order valence-corrected chi connectivity index (χ3v) is 7.02. The van der Waals surface area contributed by atoms with E-state index in [0.29, 0.717) is 44.5 Å². The summed E-state index contributed by atoms with van der Waals surface area (Å²) in [5.41, 5.74) is 4.11. The van der Waals surface area contributed by atoms with Gasteiger partial charge in [0.25, 0.3) is 0 Å². The lowest BCUT2D eigenvalue weighted by molar-refractivity contribution is -0.139. The Morgan fingerprint density at radius 1 is 0.814 bits per heavy atom. The molecule has 2 atom stereocenters. The van der Waals surface area contributed by atoms with Crippen LogP contribution in [0.15, 0.2) is 61.7 Å². The second kappa shape index (κ2) is 19.1. The van der Waals surface area contributed by atoms with Crippen LogP contribution in [0.4, 0.5) is 0 Å². The average Bonchev–Trinajstić information content (AvgIpc) is 3.00. The van der Waals surface area contributed by atoms with Gasteiger partial charge in [0.15, 0.2) is 0 Å². The van der Waals surface area contributed by atoms with Gasteiger partial charge in [0.05, 0.1) is 13.2 Å². The molecule has 0 fully saturated rings. The zero-order valence-electron chi connectivity index (χ0n) is 25.6. The van der Waals surface area contributed by atoms with Crippen molar-refractivity contribution in [2.24, 2.45) is 0 Å². The van der Waals surface area contributed by atoms with Crippen molar-refractivity contribution in [3.63, 3.8) is 0 Å². The van der Waals surface area contributed by atoms with Gasteiger partial charge >= 0.3 is 17.9 Å². The normalized spacial score (nSPS) is 12.0. The zero-order valence-corrected chi connectivity index (χ0v) is 25.6. The van der Waals surface area contributed by atoms with Crippen LogP contribution in [0.5, 0.6) is 11.5 Å². The van der Waals surface area contributed by atoms with Crippen molar-refractivity contribution >= 4 is 24.2 Å². The van der Waals surface area contributed by atoms with E-state index >= 15 is 0 Å². The molecular formula is C35H44O8. The minimum atomic E-state index is -0.487. The fourth-order valence-corrected chi connectivity index (χ4v) is 4.69. The van der Waals surface area contributed by atoms with Gasteiger partial charge in [0, 0.05) is 37.3 Å². The van der Waals surface area contributed by atoms with Crippen LogP contribution in [0.25, 0.3) is 0 Å². The predicted molar refractivity (Wildman–Crippen MR) is 165 cm³/mol. The number of esters is 3. The summed E-state index contributed by atoms with van der Waals surface area (Å²) in [5.74, 6) is 0.185. The Morgan fingerprint density at radius 2 is 1.42 bits per heavy atom. The van der Waals surface area contributed by atoms with Crippen molar-refractivity contribution in [1.82, 2.24) is 0 Å². The van der Waals surface area contributed by atoms with Gasteiger partial charge in [0.1, 0.15) is 23.9 Å². The molecule has 0 aliphatic rings. The van der Waals surface area contributed by atoms with E-state index in [1.165, 1.54) is 0 Å². The summed E-state index contributed by atoms with van der Waals surface area (Å²) < 4.78 is 21.9. The molecule has 2 aromatic rings. The molecule has 8 nitrogen and oxygen atoms in total. The molecule has 0 spiro atoms. The highest BCUT2D eigenvalue weighted by atomic mass is 16.5. The third kappa shape index (κ3) is 12.3. The Morgan fingerprint density at radius 3 is 1.98 bits per heavy atom. The van der Waals surface area contributed by atoms with Gasteiger partial charge in [-0.25, -0.2) is 9.59 Å². The summed E-state index contributed by atoms with van der Waals surface area (Å²) in [6.07, 6.45) is 7.44. The number of unbranched alkanes of at least 4 members (excludes halogenated alkanes) is 2. The molecule has 2 unspecified atom stereocenters. The van der Waals surface area contributed by atoms with E-state index in [2.05, 4.69) is 32.2 Å². The average molecular weight is 593 g/mol. The Kier molecular flexibility index (Phi) is 15.5. The van der Waals surface area contributed by atoms with Crippen LogP contribution < -0.4 is 9.47 Å². The number of hydrogen-bond acceptors (Lipinski definition) is 8. The van der Waals surface area contributed by atoms with E-state index < -0.39 is 11.9 Å². The molecule has 0 aliphatic heterocycles. The van der Waals surface area contributed by atoms with Gasteiger partial charge < -0.3 is 23.7 Å². The Hall–Kier alpha value is -4.20. The highest BCUT2D eigenvalue weighted by Gasteiger charge is 2.18. The van der Waals surface area contributed by atoms with Gasteiger partial charge in [0.2, 0.25) is 0 Å². The molecule has 232 valence electrons. The van der Waals surface area contributed by atoms with Crippen LogP contribution in [0.2, 0.25) is 0 Å². The van der Waals surface area contributed by atoms with Crippen molar-refractivity contribution in [3.8, 4) is 11.5 Å². The summed E-state index contributed by atoms with van der Waals surface area (Å²) in [5, 5.41) is 0. The van der Waals surface area contributed by atoms with Crippen LogP contribution in [0.3, 0.4) is 0 Å². The maximum atomic E-state index is 12.4. The Balaban J connectivity index is 2.00. The molecule has 0 N–H and O–H groups in total. The first kappa shape index (κ1) is 35.0. The summed E-state index contributed by atoms with van der Waals surface area (Å²) >= 11 is 0. The first-order valence-corrected chi connectivity index (χ1v) is 14.8. The quantitative estimate of drug-likeness (QED) is 0.0538. The van der Waals surface area contributed by atoms with Crippen LogP contribution >= 0.6 is 0 Å². The molecule has 2 rings (SSSR count). The largest absolute Gasteiger partial charge is 0.490 e. The van der Waals surface area contributed by atoms with Gasteiger partial charge in [-0.3, -0.25) is 4.79 Å². The molecule has 0 aromatic heterocycles. The van der Waals surface area contributed by atoms with E-state index in [9.17, 15) is 19.2 Å². The van der Waals surface area contributed by atoms with E-state index in [1.807, 2.05) is 38.1 Å². The topological polar surface area (TPSA) is 105 Å². The van der Waals surface area contributed by atoms with Crippen molar-refractivity contribution in [2.45, 2.75) is 84.2 Å². The molecular weight excluding hydrogens is 548 g/mol. The second-order valence-corrected chi connectivity index (χ2v) is 10.3. The minimum Gasteiger partial charge on any atom is -0.490 e. The molecule has 0 saturated carbocycles. The summed E-state index contributed by atoms with van der Waals surface area (Å²) in [6.45, 7) is 13.3. The summed E-state index contributed by atoms with van der Waals surface area (Å²) in [6, 6.07) is 12.0. The molecule has 0 amide bonds. The number of aldehydes is 1. The van der Waals surface area contributed by atoms with Gasteiger partial charge in [-0.1, -0.05) is 44.3 Å². The number of rotatable bonds is 20. The highest BCUT2D eigenvalue weighted by molar-refractivity contribution is 5.81. The monoisotopic (exact) mass is 592 g/mol. The van der Waals surface area contributed by atoms with E-state index in [-0.39, 0.29) is 31.0 Å². The smallest absolute Gasteiger partial charge is 0.330 e. The van der Waals surface area contributed by atoms with Gasteiger partial charge in [-0.2, -0.15) is 0 Å². The minimum absolute atomic E-state index is 0.135. The first-order chi connectivity index (χ1) is 20.7. The van der Waals surface area contributed by atoms with Crippen LogP contribution in [0.1, 0.15) is 86.5 Å². The molecule has 0 bridgehead atoms. The fraction of sp³-hybridized carbons (Fsp3) is 0.429. The number of benzene rings is 2. The predicted octanol–water partition coefficient (Wildman–Crippen LogP) is 6.89. The molecule has 43 heavy (non-hydrogen) atoms. The lowest BCUT2D eigenvalue weighted by Gasteiger charge is -2.22. The van der Waals surface area contributed by atoms with Crippen molar-refractivity contribution in [2.75, 3.05) is 13.2 Å². The first-order valence-electron chi connectivity index (χ1n) is 14.8. The van der Waals surface area contributed by atoms with Crippen molar-refractivity contribution < 1.29 is 38.1 Å². The summed E-state index contributed by atoms with van der Waals surface area (Å²) in [4.78, 5) is 45.8. The third-order valence-electron chi connectivity index (χ3n) is 7.02. The number of ether oxygens (including phenoxy) is 4. The fourth-order valence-electron chi connectivity index (χ4n) is 4.69. The summed E-state index contributed by atoms with van der Waals surface area (Å²) in [7, 11) is 0. The highest BCUT2D eigenvalue weighted by Crippen LogP contribution is 2.34. The molecule has 0 aliphatic carbocycles. The number of aryl methyl sites for hydroxylation is 2. The molecule has 0 radical (unpaired) electrons. The SMILES string of the molecule is C=CC(=O)OCCCCCC(=O)Oc1ccc(C(CC)c2ccc(OC(CCC=O)CCOC(=O)C=C)c(C)c2)cc1C. The number of carbonyl (C=O) groups excluding carboxylic acids is 4. The Labute approximate surface area is 255 Å². The Bertz CT molecular complexity index is 1250. The maximum absolute atomic E-state index is 12.4. The second-order valence-electron chi connectivity index (χ2n) is 10.3. The maximum Gasteiger partial charge on any atom is 0.330 e. The van der Waals surface area contributed by atoms with Crippen molar-refractivity contribution in [3.05, 3.63) is 84.0 Å². The number of carbonyl (C=O) groups is 4. The van der Waals surface area contributed by atoms with Crippen LogP contribution in [-0.2, 0) is 28.7 Å². The standard InChI is InChI=1S/C35H44O8/c1-6-30(27-15-17-31(25(4)23-27)42-29(13-12-20-36)19-22-41-34(38)8-3)28-16-18-32(26(5)24-28)43-35(39)14-10-9-11-21-40-33(37)7-2/h7-8,15-18,20,23-24,29-30H,2-3,6,9-14,19,21-22H2,1,4-5H3. The van der Waals surface area contributed by atoms with E-state index in [0.717, 1.165) is 59.3 Å². The molecule has 0 saturated heterocycles. The van der Waals surface area contributed by atoms with Gasteiger partial charge in [-0.05, 0) is 80.3 Å². The van der Waals surface area contributed by atoms with Crippen molar-refractivity contribution in [1.29, 1.82) is 0 Å². The van der Waals surface area contributed by atoms with Gasteiger partial charge in [-0.15, -0.1) is 0 Å². The van der Waals surface area contributed by atoms with Crippen LogP contribution in [0, 0.1) is 13.8 Å². The molecule has 0 heterocycles. The number of hydrogen-bond donors (Lipinski definition) is 0. The zero-order chi connectivity index (χ0) is 31.6. The van der Waals surface area contributed by atoms with Crippen LogP contribution in [-0.4, -0.2) is 43.5 Å². The molecule has 8 heteroatoms. The van der Waals surface area contributed by atoms with E-state index in [1.54, 1.807) is 0 Å². The lowest BCUT2D eigenvalue weighted by Crippen LogP contribution is -2.20. The molecule has 2 aromatic carbocycles. The van der Waals surface area contributed by atoms with E-state index in [4.69, 9.17) is 18.9 Å².